The number of aliphatic hydroxyl groups is 1. The molecule has 1 atom stereocenters. The molecule has 1 N–H and O–H groups in total. The topological polar surface area (TPSA) is 72.8 Å². The van der Waals surface area contributed by atoms with Gasteiger partial charge in [-0.15, -0.1) is 0 Å². The van der Waals surface area contributed by atoms with Crippen LogP contribution < -0.4 is 0 Å². The van der Waals surface area contributed by atoms with E-state index in [-0.39, 0.29) is 31.6 Å². The van der Waals surface area contributed by atoms with E-state index in [2.05, 4.69) is 74.6 Å². The van der Waals surface area contributed by atoms with Gasteiger partial charge in [0, 0.05) is 12.8 Å². The fraction of sp³-hybridized carbons (Fsp3) is 0.733. The highest BCUT2D eigenvalue weighted by Gasteiger charge is 2.16. The molecule has 0 saturated heterocycles. The summed E-state index contributed by atoms with van der Waals surface area (Å²) in [7, 11) is 0. The number of unbranched alkanes of at least 4 members (excludes halogenated alkanes) is 19. The lowest BCUT2D eigenvalue weighted by atomic mass is 10.0. The number of carbonyl (C=O) groups is 2. The maximum atomic E-state index is 12.2. The third kappa shape index (κ3) is 38.4. The first-order valence-electron chi connectivity index (χ1n) is 20.8. The number of hydrogen-bond acceptors (Lipinski definition) is 5. The predicted molar refractivity (Wildman–Crippen MR) is 214 cm³/mol. The van der Waals surface area contributed by atoms with E-state index in [4.69, 9.17) is 9.47 Å². The first-order chi connectivity index (χ1) is 24.6. The SMILES string of the molecule is CC/C=C\C/C=C\C/C=C\C/C=C\C/C=C\CCCC(=O)OC(CO)COC(=O)CCCCCCCCCCCCCCCCCCCCC. The van der Waals surface area contributed by atoms with E-state index >= 15 is 0 Å². The van der Waals surface area contributed by atoms with Gasteiger partial charge >= 0.3 is 11.9 Å². The molecule has 288 valence electrons. The van der Waals surface area contributed by atoms with Crippen molar-refractivity contribution < 1.29 is 24.2 Å². The summed E-state index contributed by atoms with van der Waals surface area (Å²) in [5.41, 5.74) is 0. The van der Waals surface area contributed by atoms with Crippen molar-refractivity contribution in [2.75, 3.05) is 13.2 Å². The molecule has 0 fully saturated rings. The fourth-order valence-electron chi connectivity index (χ4n) is 5.71. The predicted octanol–water partition coefficient (Wildman–Crippen LogP) is 13.2. The number of aliphatic hydroxyl groups excluding tert-OH is 1. The van der Waals surface area contributed by atoms with E-state index in [1.165, 1.54) is 103 Å². The Bertz CT molecular complexity index is 884. The summed E-state index contributed by atoms with van der Waals surface area (Å²) < 4.78 is 10.6. The van der Waals surface area contributed by atoms with Gasteiger partial charge in [0.05, 0.1) is 6.61 Å². The summed E-state index contributed by atoms with van der Waals surface area (Å²) in [4.78, 5) is 24.3. The van der Waals surface area contributed by atoms with Crippen LogP contribution in [0.2, 0.25) is 0 Å². The first kappa shape index (κ1) is 47.6. The molecule has 0 aromatic carbocycles. The van der Waals surface area contributed by atoms with Crippen LogP contribution in [0.25, 0.3) is 0 Å². The van der Waals surface area contributed by atoms with Crippen molar-refractivity contribution in [3.8, 4) is 0 Å². The second-order valence-electron chi connectivity index (χ2n) is 13.7. The quantitative estimate of drug-likeness (QED) is 0.0397. The minimum Gasteiger partial charge on any atom is -0.462 e. The molecule has 0 aromatic heterocycles. The minimum atomic E-state index is -0.801. The highest BCUT2D eigenvalue weighted by molar-refractivity contribution is 5.70. The van der Waals surface area contributed by atoms with Crippen LogP contribution in [0.1, 0.15) is 194 Å². The number of carbonyl (C=O) groups excluding carboxylic acids is 2. The molecule has 0 bridgehead atoms. The highest BCUT2D eigenvalue weighted by atomic mass is 16.6. The van der Waals surface area contributed by atoms with Crippen molar-refractivity contribution in [1.82, 2.24) is 0 Å². The van der Waals surface area contributed by atoms with E-state index in [1.54, 1.807) is 0 Å². The molecular formula is C45H78O5. The highest BCUT2D eigenvalue weighted by Crippen LogP contribution is 2.15. The smallest absolute Gasteiger partial charge is 0.306 e. The van der Waals surface area contributed by atoms with Crippen LogP contribution in [0.5, 0.6) is 0 Å². The maximum absolute atomic E-state index is 12.2. The summed E-state index contributed by atoms with van der Waals surface area (Å²) in [6.45, 7) is 3.98. The van der Waals surface area contributed by atoms with Crippen LogP contribution in [-0.4, -0.2) is 36.4 Å². The number of rotatable bonds is 37. The Hall–Kier alpha value is -2.40. The number of hydrogen-bond donors (Lipinski definition) is 1. The molecule has 0 rings (SSSR count). The largest absolute Gasteiger partial charge is 0.462 e. The van der Waals surface area contributed by atoms with Crippen molar-refractivity contribution >= 4 is 11.9 Å². The molecule has 1 unspecified atom stereocenters. The molecule has 0 aliphatic carbocycles. The lowest BCUT2D eigenvalue weighted by molar-refractivity contribution is -0.161. The average molecular weight is 699 g/mol. The van der Waals surface area contributed by atoms with Crippen LogP contribution in [0.3, 0.4) is 0 Å². The maximum Gasteiger partial charge on any atom is 0.306 e. The Morgan fingerprint density at radius 2 is 0.860 bits per heavy atom. The van der Waals surface area contributed by atoms with Gasteiger partial charge in [0.15, 0.2) is 6.10 Å². The standard InChI is InChI=1S/C45H78O5/c1-3-5-7-9-11-13-15-17-19-21-22-24-25-27-29-31-33-35-37-39-44(47)49-42-43(41-46)50-45(48)40-38-36-34-32-30-28-26-23-20-18-16-14-12-10-8-6-4-2/h6,8,12,14,18,20,26,28,32,34,43,46H,3-5,7,9-11,13,15-17,19,21-25,27,29-31,33,35-42H2,1-2H3/b8-6-,14-12-,20-18-,28-26-,34-32-. The molecule has 5 nitrogen and oxygen atoms in total. The zero-order valence-electron chi connectivity index (χ0n) is 32.6. The Balaban J connectivity index is 3.61. The van der Waals surface area contributed by atoms with Gasteiger partial charge in [0.25, 0.3) is 0 Å². The number of ether oxygens (including phenoxy) is 2. The van der Waals surface area contributed by atoms with Crippen molar-refractivity contribution in [3.63, 3.8) is 0 Å². The summed E-state index contributed by atoms with van der Waals surface area (Å²) >= 11 is 0. The molecule has 0 heterocycles. The second kappa shape index (κ2) is 41.0. The molecule has 0 aliphatic rings. The summed E-state index contributed by atoms with van der Waals surface area (Å²) in [5, 5.41) is 9.56. The van der Waals surface area contributed by atoms with Crippen LogP contribution in [0, 0.1) is 0 Å². The van der Waals surface area contributed by atoms with E-state index in [0.717, 1.165) is 57.8 Å². The van der Waals surface area contributed by atoms with Crippen LogP contribution in [0.15, 0.2) is 60.8 Å². The summed E-state index contributed by atoms with van der Waals surface area (Å²) in [6, 6.07) is 0. The Kier molecular flexibility index (Phi) is 39.1. The Morgan fingerprint density at radius 3 is 1.28 bits per heavy atom. The minimum absolute atomic E-state index is 0.0883. The fourth-order valence-corrected chi connectivity index (χ4v) is 5.71. The normalized spacial score (nSPS) is 12.8. The van der Waals surface area contributed by atoms with E-state index in [1.807, 2.05) is 0 Å². The van der Waals surface area contributed by atoms with E-state index in [0.29, 0.717) is 12.8 Å². The van der Waals surface area contributed by atoms with Crippen molar-refractivity contribution in [2.24, 2.45) is 0 Å². The monoisotopic (exact) mass is 699 g/mol. The zero-order chi connectivity index (χ0) is 36.4. The van der Waals surface area contributed by atoms with E-state index < -0.39 is 6.10 Å². The lowest BCUT2D eigenvalue weighted by Gasteiger charge is -2.15. The summed E-state index contributed by atoms with van der Waals surface area (Å²) in [6.07, 6.45) is 52.9. The molecule has 0 radical (unpaired) electrons. The van der Waals surface area contributed by atoms with Gasteiger partial charge in [0.2, 0.25) is 0 Å². The third-order valence-corrected chi connectivity index (χ3v) is 8.83. The van der Waals surface area contributed by atoms with Gasteiger partial charge in [-0.2, -0.15) is 0 Å². The molecule has 0 saturated carbocycles. The van der Waals surface area contributed by atoms with Crippen molar-refractivity contribution in [3.05, 3.63) is 60.8 Å². The Labute approximate surface area is 309 Å². The lowest BCUT2D eigenvalue weighted by Crippen LogP contribution is -2.28. The molecule has 0 spiro atoms. The number of esters is 2. The zero-order valence-corrected chi connectivity index (χ0v) is 32.6. The summed E-state index contributed by atoms with van der Waals surface area (Å²) in [5.74, 6) is -0.656. The molecule has 0 amide bonds. The van der Waals surface area contributed by atoms with Gasteiger partial charge in [-0.3, -0.25) is 9.59 Å². The Morgan fingerprint density at radius 1 is 0.480 bits per heavy atom. The molecule has 5 heteroatoms. The average Bonchev–Trinajstić information content (AvgIpc) is 3.12. The van der Waals surface area contributed by atoms with Crippen LogP contribution >= 0.6 is 0 Å². The molecular weight excluding hydrogens is 620 g/mol. The van der Waals surface area contributed by atoms with Gasteiger partial charge in [0.1, 0.15) is 6.61 Å². The first-order valence-corrected chi connectivity index (χ1v) is 20.8. The molecule has 0 aliphatic heterocycles. The van der Waals surface area contributed by atoms with Gasteiger partial charge < -0.3 is 14.6 Å². The van der Waals surface area contributed by atoms with Crippen LogP contribution in [0.4, 0.5) is 0 Å². The van der Waals surface area contributed by atoms with E-state index in [9.17, 15) is 14.7 Å². The molecule has 0 aromatic rings. The number of allylic oxidation sites excluding steroid dienone is 10. The van der Waals surface area contributed by atoms with Gasteiger partial charge in [-0.05, 0) is 51.4 Å². The van der Waals surface area contributed by atoms with Gasteiger partial charge in [-0.25, -0.2) is 0 Å². The van der Waals surface area contributed by atoms with Crippen molar-refractivity contribution in [1.29, 1.82) is 0 Å². The van der Waals surface area contributed by atoms with Crippen molar-refractivity contribution in [2.45, 2.75) is 200 Å². The third-order valence-electron chi connectivity index (χ3n) is 8.83. The van der Waals surface area contributed by atoms with Gasteiger partial charge in [-0.1, -0.05) is 190 Å². The van der Waals surface area contributed by atoms with Crippen LogP contribution in [-0.2, 0) is 19.1 Å². The molecule has 50 heavy (non-hydrogen) atoms. The second-order valence-corrected chi connectivity index (χ2v) is 13.7.